The highest BCUT2D eigenvalue weighted by atomic mass is 32.1. The Morgan fingerprint density at radius 3 is 2.90 bits per heavy atom. The lowest BCUT2D eigenvalue weighted by Crippen LogP contribution is -2.39. The van der Waals surface area contributed by atoms with E-state index in [9.17, 15) is 4.79 Å². The predicted molar refractivity (Wildman–Crippen MR) is 81.4 cm³/mol. The fraction of sp³-hybridized carbons (Fsp3) is 0.286. The molecule has 0 fully saturated rings. The van der Waals surface area contributed by atoms with Crippen LogP contribution in [0.15, 0.2) is 34.8 Å². The molecular formula is C14H17N3O2S. The van der Waals surface area contributed by atoms with Gasteiger partial charge in [0.2, 0.25) is 0 Å². The molecule has 3 N–H and O–H groups in total. The molecule has 0 saturated heterocycles. The minimum atomic E-state index is -0.0871. The summed E-state index contributed by atoms with van der Waals surface area (Å²) in [7, 11) is 0. The van der Waals surface area contributed by atoms with Crippen LogP contribution in [0.5, 0.6) is 0 Å². The van der Waals surface area contributed by atoms with Crippen LogP contribution in [0, 0.1) is 0 Å². The van der Waals surface area contributed by atoms with E-state index in [1.807, 2.05) is 36.6 Å². The maximum atomic E-state index is 12.6. The second kappa shape index (κ2) is 6.38. The molecule has 5 nitrogen and oxygen atoms in total. The van der Waals surface area contributed by atoms with Gasteiger partial charge in [0, 0.05) is 22.0 Å². The molecule has 0 aliphatic heterocycles. The Bertz CT molecular complexity index is 636. The third kappa shape index (κ3) is 2.91. The number of hydrogen-bond donors (Lipinski definition) is 2. The zero-order chi connectivity index (χ0) is 14.5. The zero-order valence-electron chi connectivity index (χ0n) is 11.2. The van der Waals surface area contributed by atoms with Crippen LogP contribution in [0.1, 0.15) is 23.7 Å². The van der Waals surface area contributed by atoms with Crippen LogP contribution in [-0.4, -0.2) is 34.9 Å². The molecule has 0 spiro atoms. The molecular weight excluding hydrogens is 274 g/mol. The first kappa shape index (κ1) is 14.3. The third-order valence-electron chi connectivity index (χ3n) is 2.97. The summed E-state index contributed by atoms with van der Waals surface area (Å²) >= 11 is 1.54. The fourth-order valence-corrected chi connectivity index (χ4v) is 3.00. The van der Waals surface area contributed by atoms with E-state index >= 15 is 0 Å². The molecule has 1 aromatic carbocycles. The van der Waals surface area contributed by atoms with Gasteiger partial charge in [0.05, 0.1) is 12.1 Å². The zero-order valence-corrected chi connectivity index (χ0v) is 12.1. The lowest BCUT2D eigenvalue weighted by molar-refractivity contribution is 0.0780. The summed E-state index contributed by atoms with van der Waals surface area (Å²) in [6.07, 6.45) is 0.812. The van der Waals surface area contributed by atoms with Gasteiger partial charge in [0.1, 0.15) is 0 Å². The van der Waals surface area contributed by atoms with Crippen LogP contribution in [0.3, 0.4) is 0 Å². The minimum absolute atomic E-state index is 0.0336. The molecule has 1 amide bonds. The van der Waals surface area contributed by atoms with E-state index in [1.54, 1.807) is 16.2 Å². The van der Waals surface area contributed by atoms with Crippen LogP contribution in [0.4, 0.5) is 0 Å². The molecule has 0 radical (unpaired) electrons. The Kier molecular flexibility index (Phi) is 4.57. The molecule has 0 unspecified atom stereocenters. The van der Waals surface area contributed by atoms with Gasteiger partial charge in [0.25, 0.3) is 5.91 Å². The van der Waals surface area contributed by atoms with Crippen LogP contribution >= 0.6 is 11.3 Å². The molecule has 0 bridgehead atoms. The van der Waals surface area contributed by atoms with Crippen LogP contribution in [-0.2, 0) is 0 Å². The number of hydrogen-bond acceptors (Lipinski definition) is 4. The Morgan fingerprint density at radius 2 is 2.20 bits per heavy atom. The Morgan fingerprint density at radius 1 is 1.45 bits per heavy atom. The molecule has 6 heteroatoms. The number of nitrogens with two attached hydrogens (primary N) is 1. The minimum Gasteiger partial charge on any atom is -0.409 e. The van der Waals surface area contributed by atoms with E-state index in [0.717, 1.165) is 16.5 Å². The van der Waals surface area contributed by atoms with Crippen molar-refractivity contribution in [2.75, 3.05) is 13.1 Å². The molecule has 0 aliphatic rings. The standard InChI is InChI=1S/C14H17N3O2S/c1-2-7-17(8-13(15)16-19)14(18)11-9-20-12-6-4-3-5-10(11)12/h3-6,9,19H,2,7-8H2,1H3,(H2,15,16). The number of fused-ring (bicyclic) bond motifs is 1. The van der Waals surface area contributed by atoms with E-state index in [4.69, 9.17) is 10.9 Å². The normalized spacial score (nSPS) is 11.8. The van der Waals surface area contributed by atoms with Crippen molar-refractivity contribution in [3.8, 4) is 0 Å². The molecule has 0 atom stereocenters. The van der Waals surface area contributed by atoms with Gasteiger partial charge in [-0.25, -0.2) is 0 Å². The van der Waals surface area contributed by atoms with E-state index < -0.39 is 0 Å². The first-order chi connectivity index (χ1) is 9.67. The molecule has 106 valence electrons. The van der Waals surface area contributed by atoms with Crippen molar-refractivity contribution in [1.82, 2.24) is 4.90 Å². The van der Waals surface area contributed by atoms with Crippen molar-refractivity contribution in [3.63, 3.8) is 0 Å². The smallest absolute Gasteiger partial charge is 0.255 e. The molecule has 20 heavy (non-hydrogen) atoms. The van der Waals surface area contributed by atoms with E-state index in [0.29, 0.717) is 12.1 Å². The number of oxime groups is 1. The molecule has 0 aliphatic carbocycles. The Hall–Kier alpha value is -2.08. The summed E-state index contributed by atoms with van der Waals surface area (Å²) in [4.78, 5) is 14.2. The topological polar surface area (TPSA) is 78.9 Å². The molecule has 2 aromatic rings. The SMILES string of the molecule is CCCN(CC(N)=NO)C(=O)c1csc2ccccc12. The van der Waals surface area contributed by atoms with Crippen molar-refractivity contribution in [1.29, 1.82) is 0 Å². The second-order valence-electron chi connectivity index (χ2n) is 4.46. The molecule has 1 heterocycles. The summed E-state index contributed by atoms with van der Waals surface area (Å²) in [6.45, 7) is 2.69. The maximum absolute atomic E-state index is 12.6. The number of amides is 1. The van der Waals surface area contributed by atoms with Gasteiger partial charge in [-0.1, -0.05) is 30.3 Å². The first-order valence-electron chi connectivity index (χ1n) is 6.39. The maximum Gasteiger partial charge on any atom is 0.255 e. The van der Waals surface area contributed by atoms with Crippen LogP contribution < -0.4 is 5.73 Å². The molecule has 0 saturated carbocycles. The number of nitrogens with zero attached hydrogens (tertiary/aromatic N) is 2. The van der Waals surface area contributed by atoms with E-state index in [2.05, 4.69) is 5.16 Å². The monoisotopic (exact) mass is 291 g/mol. The van der Waals surface area contributed by atoms with Gasteiger partial charge < -0.3 is 15.8 Å². The second-order valence-corrected chi connectivity index (χ2v) is 5.37. The first-order valence-corrected chi connectivity index (χ1v) is 7.27. The number of thiophene rings is 1. The van der Waals surface area contributed by atoms with Gasteiger partial charge in [-0.3, -0.25) is 4.79 Å². The summed E-state index contributed by atoms with van der Waals surface area (Å²) in [5.41, 5.74) is 6.19. The van der Waals surface area contributed by atoms with Crippen molar-refractivity contribution in [2.24, 2.45) is 10.9 Å². The lowest BCUT2D eigenvalue weighted by atomic mass is 10.1. The van der Waals surface area contributed by atoms with Gasteiger partial charge in [-0.05, 0) is 12.5 Å². The highest BCUT2D eigenvalue weighted by Crippen LogP contribution is 2.26. The Balaban J connectivity index is 2.31. The number of benzene rings is 1. The van der Waals surface area contributed by atoms with Crippen LogP contribution in [0.2, 0.25) is 0 Å². The number of amidine groups is 1. The summed E-state index contributed by atoms with van der Waals surface area (Å²) < 4.78 is 1.08. The molecule has 1 aromatic heterocycles. The van der Waals surface area contributed by atoms with Crippen molar-refractivity contribution >= 4 is 33.2 Å². The fourth-order valence-electron chi connectivity index (χ4n) is 2.06. The van der Waals surface area contributed by atoms with Gasteiger partial charge in [0.15, 0.2) is 5.84 Å². The van der Waals surface area contributed by atoms with Gasteiger partial charge in [-0.2, -0.15) is 0 Å². The van der Waals surface area contributed by atoms with Gasteiger partial charge >= 0.3 is 0 Å². The highest BCUT2D eigenvalue weighted by molar-refractivity contribution is 7.17. The van der Waals surface area contributed by atoms with Gasteiger partial charge in [-0.15, -0.1) is 11.3 Å². The van der Waals surface area contributed by atoms with Crippen molar-refractivity contribution in [3.05, 3.63) is 35.2 Å². The van der Waals surface area contributed by atoms with E-state index in [-0.39, 0.29) is 18.3 Å². The number of carbonyl (C=O) groups excluding carboxylic acids is 1. The number of carbonyl (C=O) groups is 1. The third-order valence-corrected chi connectivity index (χ3v) is 3.94. The average Bonchev–Trinajstić information content (AvgIpc) is 2.89. The predicted octanol–water partition coefficient (Wildman–Crippen LogP) is 2.50. The summed E-state index contributed by atoms with van der Waals surface area (Å²) in [6, 6.07) is 7.80. The summed E-state index contributed by atoms with van der Waals surface area (Å²) in [5, 5.41) is 14.4. The number of rotatable bonds is 5. The van der Waals surface area contributed by atoms with Crippen LogP contribution in [0.25, 0.3) is 10.1 Å². The Labute approximate surface area is 121 Å². The quantitative estimate of drug-likeness (QED) is 0.384. The highest BCUT2D eigenvalue weighted by Gasteiger charge is 2.19. The molecule has 2 rings (SSSR count). The van der Waals surface area contributed by atoms with E-state index in [1.165, 1.54) is 0 Å². The summed E-state index contributed by atoms with van der Waals surface area (Å²) in [5.74, 6) is -0.0535. The largest absolute Gasteiger partial charge is 0.409 e. The van der Waals surface area contributed by atoms with Crippen molar-refractivity contribution in [2.45, 2.75) is 13.3 Å². The lowest BCUT2D eigenvalue weighted by Gasteiger charge is -2.21. The van der Waals surface area contributed by atoms with Crippen molar-refractivity contribution < 1.29 is 10.0 Å². The average molecular weight is 291 g/mol.